The summed E-state index contributed by atoms with van der Waals surface area (Å²) in [6, 6.07) is 0. The first-order valence-corrected chi connectivity index (χ1v) is 7.47. The molecule has 1 aliphatic carbocycles. The zero-order valence-corrected chi connectivity index (χ0v) is 12.9. The van der Waals surface area contributed by atoms with Crippen LogP contribution in [0.5, 0.6) is 0 Å². The van der Waals surface area contributed by atoms with E-state index in [9.17, 15) is 4.79 Å². The summed E-state index contributed by atoms with van der Waals surface area (Å²) >= 11 is 0. The Bertz CT molecular complexity index is 346. The Labute approximate surface area is 117 Å². The van der Waals surface area contributed by atoms with Crippen LogP contribution in [0.1, 0.15) is 59.8 Å². The topological polar surface area (TPSA) is 26.3 Å². The first-order chi connectivity index (χ1) is 8.99. The number of ether oxygens (including phenoxy) is 1. The minimum atomic E-state index is -0.00621. The fraction of sp³-hybridized carbons (Fsp3) is 0.706. The first-order valence-electron chi connectivity index (χ1n) is 7.47. The number of rotatable bonds is 6. The van der Waals surface area contributed by atoms with Crippen molar-refractivity contribution in [3.63, 3.8) is 0 Å². The molecule has 1 aliphatic rings. The molecule has 0 aromatic heterocycles. The van der Waals surface area contributed by atoms with E-state index in [2.05, 4.69) is 39.8 Å². The Morgan fingerprint density at radius 1 is 1.47 bits per heavy atom. The Balaban J connectivity index is 2.32. The van der Waals surface area contributed by atoms with Crippen molar-refractivity contribution in [1.82, 2.24) is 0 Å². The van der Waals surface area contributed by atoms with Gasteiger partial charge < -0.3 is 4.74 Å². The predicted octanol–water partition coefficient (Wildman–Crippen LogP) is 4.66. The molecule has 2 nitrogen and oxygen atoms in total. The summed E-state index contributed by atoms with van der Waals surface area (Å²) in [6.07, 6.45) is 9.67. The molecule has 0 aliphatic heterocycles. The van der Waals surface area contributed by atoms with Gasteiger partial charge in [0.1, 0.15) is 0 Å². The van der Waals surface area contributed by atoms with E-state index in [1.165, 1.54) is 11.1 Å². The molecule has 0 aromatic carbocycles. The molecule has 0 bridgehead atoms. The van der Waals surface area contributed by atoms with Crippen LogP contribution < -0.4 is 0 Å². The summed E-state index contributed by atoms with van der Waals surface area (Å²) < 4.78 is 5.31. The van der Waals surface area contributed by atoms with E-state index in [-0.39, 0.29) is 11.9 Å². The molecule has 0 spiro atoms. The highest BCUT2D eigenvalue weighted by Crippen LogP contribution is 2.27. The van der Waals surface area contributed by atoms with Crippen molar-refractivity contribution in [3.05, 3.63) is 23.3 Å². The average molecular weight is 264 g/mol. The molecule has 1 rings (SSSR count). The van der Waals surface area contributed by atoms with Crippen LogP contribution in [0.3, 0.4) is 0 Å². The first kappa shape index (κ1) is 16.0. The van der Waals surface area contributed by atoms with E-state index in [1.807, 2.05) is 0 Å². The van der Waals surface area contributed by atoms with Crippen LogP contribution in [0.15, 0.2) is 23.3 Å². The van der Waals surface area contributed by atoms with Gasteiger partial charge in [-0.2, -0.15) is 0 Å². The highest BCUT2D eigenvalue weighted by Gasteiger charge is 2.22. The van der Waals surface area contributed by atoms with Crippen molar-refractivity contribution in [2.75, 3.05) is 6.61 Å². The third-order valence-corrected chi connectivity index (χ3v) is 3.42. The molecular formula is C17H28O2. The highest BCUT2D eigenvalue weighted by molar-refractivity contribution is 5.72. The van der Waals surface area contributed by atoms with Gasteiger partial charge in [0.15, 0.2) is 0 Å². The number of hydrogen-bond acceptors (Lipinski definition) is 2. The second-order valence-corrected chi connectivity index (χ2v) is 6.18. The van der Waals surface area contributed by atoms with E-state index >= 15 is 0 Å². The highest BCUT2D eigenvalue weighted by atomic mass is 16.5. The van der Waals surface area contributed by atoms with Crippen LogP contribution in [-0.2, 0) is 9.53 Å². The van der Waals surface area contributed by atoms with Gasteiger partial charge in [0.05, 0.1) is 12.5 Å². The lowest BCUT2D eigenvalue weighted by Crippen LogP contribution is -2.21. The maximum absolute atomic E-state index is 11.9. The average Bonchev–Trinajstić information content (AvgIpc) is 2.36. The van der Waals surface area contributed by atoms with E-state index in [0.29, 0.717) is 12.5 Å². The summed E-state index contributed by atoms with van der Waals surface area (Å²) in [5.41, 5.74) is 2.89. The van der Waals surface area contributed by atoms with E-state index in [4.69, 9.17) is 4.74 Å². The summed E-state index contributed by atoms with van der Waals surface area (Å²) in [5.74, 6) is 0.502. The van der Waals surface area contributed by atoms with E-state index < -0.39 is 0 Å². The van der Waals surface area contributed by atoms with E-state index in [0.717, 1.165) is 32.1 Å². The third-order valence-electron chi connectivity index (χ3n) is 3.42. The molecule has 19 heavy (non-hydrogen) atoms. The second kappa shape index (κ2) is 8.19. The molecule has 2 heteroatoms. The minimum Gasteiger partial charge on any atom is -0.465 e. The Kier molecular flexibility index (Phi) is 6.90. The molecule has 1 atom stereocenters. The summed E-state index contributed by atoms with van der Waals surface area (Å²) in [4.78, 5) is 11.9. The number of allylic oxidation sites excluding steroid dienone is 4. The number of carbonyl (C=O) groups is 1. The summed E-state index contributed by atoms with van der Waals surface area (Å²) in [7, 11) is 0. The van der Waals surface area contributed by atoms with Crippen LogP contribution >= 0.6 is 0 Å². The van der Waals surface area contributed by atoms with Gasteiger partial charge in [-0.25, -0.2) is 0 Å². The maximum Gasteiger partial charge on any atom is 0.309 e. The lowest BCUT2D eigenvalue weighted by Gasteiger charge is -2.21. The van der Waals surface area contributed by atoms with Crippen LogP contribution in [0.4, 0.5) is 0 Å². The molecular weight excluding hydrogens is 236 g/mol. The van der Waals surface area contributed by atoms with Crippen molar-refractivity contribution in [2.24, 2.45) is 11.8 Å². The van der Waals surface area contributed by atoms with Gasteiger partial charge >= 0.3 is 5.97 Å². The fourth-order valence-corrected chi connectivity index (χ4v) is 2.24. The molecule has 0 saturated carbocycles. The smallest absolute Gasteiger partial charge is 0.309 e. The van der Waals surface area contributed by atoms with Gasteiger partial charge in [0, 0.05) is 0 Å². The van der Waals surface area contributed by atoms with Crippen LogP contribution in [0.25, 0.3) is 0 Å². The van der Waals surface area contributed by atoms with E-state index in [1.54, 1.807) is 0 Å². The minimum absolute atomic E-state index is 0.00621. The molecule has 1 unspecified atom stereocenters. The van der Waals surface area contributed by atoms with Gasteiger partial charge in [-0.15, -0.1) is 0 Å². The Morgan fingerprint density at radius 2 is 2.21 bits per heavy atom. The normalized spacial score (nSPS) is 19.0. The number of hydrogen-bond donors (Lipinski definition) is 0. The maximum atomic E-state index is 11.9. The van der Waals surface area contributed by atoms with Gasteiger partial charge in [-0.05, 0) is 51.9 Å². The van der Waals surface area contributed by atoms with Gasteiger partial charge in [0.2, 0.25) is 0 Å². The Hall–Kier alpha value is -1.05. The standard InChI is InChI=1S/C17H28O2/c1-13(2)6-5-7-15-8-10-16(11-9-15)17(18)19-12-14(3)4/h6,8,14,16H,5,7,9-12H2,1-4H3. The summed E-state index contributed by atoms with van der Waals surface area (Å²) in [6.45, 7) is 8.95. The van der Waals surface area contributed by atoms with Crippen molar-refractivity contribution in [3.8, 4) is 0 Å². The van der Waals surface area contributed by atoms with Crippen LogP contribution in [-0.4, -0.2) is 12.6 Å². The van der Waals surface area contributed by atoms with Crippen molar-refractivity contribution in [2.45, 2.75) is 59.8 Å². The Morgan fingerprint density at radius 3 is 2.74 bits per heavy atom. The largest absolute Gasteiger partial charge is 0.465 e. The molecule has 0 radical (unpaired) electrons. The fourth-order valence-electron chi connectivity index (χ4n) is 2.24. The summed E-state index contributed by atoms with van der Waals surface area (Å²) in [5, 5.41) is 0. The molecule has 0 aromatic rings. The zero-order chi connectivity index (χ0) is 14.3. The zero-order valence-electron chi connectivity index (χ0n) is 12.9. The molecule has 0 amide bonds. The number of carbonyl (C=O) groups excluding carboxylic acids is 1. The van der Waals surface area contributed by atoms with Gasteiger partial charge in [0.25, 0.3) is 0 Å². The predicted molar refractivity (Wildman–Crippen MR) is 79.9 cm³/mol. The van der Waals surface area contributed by atoms with Crippen molar-refractivity contribution >= 4 is 5.97 Å². The molecule has 0 fully saturated rings. The van der Waals surface area contributed by atoms with Gasteiger partial charge in [-0.3, -0.25) is 4.79 Å². The molecule has 0 heterocycles. The molecule has 0 saturated heterocycles. The molecule has 108 valence electrons. The van der Waals surface area contributed by atoms with Crippen LogP contribution in [0.2, 0.25) is 0 Å². The van der Waals surface area contributed by atoms with Gasteiger partial charge in [-0.1, -0.05) is 37.1 Å². The monoisotopic (exact) mass is 264 g/mol. The number of esters is 1. The quantitative estimate of drug-likeness (QED) is 0.515. The lowest BCUT2D eigenvalue weighted by atomic mass is 9.88. The SMILES string of the molecule is CC(C)=CCCC1=CCC(C(=O)OCC(C)C)CC1. The van der Waals surface area contributed by atoms with Crippen LogP contribution in [0, 0.1) is 11.8 Å². The van der Waals surface area contributed by atoms with Crippen molar-refractivity contribution in [1.29, 1.82) is 0 Å². The second-order valence-electron chi connectivity index (χ2n) is 6.18. The lowest BCUT2D eigenvalue weighted by molar-refractivity contribution is -0.149. The third kappa shape index (κ3) is 6.60. The van der Waals surface area contributed by atoms with Crippen molar-refractivity contribution < 1.29 is 9.53 Å². The molecule has 0 N–H and O–H groups in total.